The van der Waals surface area contributed by atoms with Crippen molar-refractivity contribution in [1.29, 1.82) is 0 Å². The molecule has 2 heterocycles. The molecule has 7 nitrogen and oxygen atoms in total. The summed E-state index contributed by atoms with van der Waals surface area (Å²) < 4.78 is 9.57. The molecule has 1 N–H and O–H groups in total. The van der Waals surface area contributed by atoms with E-state index >= 15 is 0 Å². The van der Waals surface area contributed by atoms with Crippen LogP contribution in [-0.2, 0) is 0 Å². The first-order chi connectivity index (χ1) is 7.09. The average Bonchev–Trinajstić information content (AvgIpc) is 2.71. The Kier molecular flexibility index (Phi) is 2.00. The van der Waals surface area contributed by atoms with E-state index in [0.717, 1.165) is 0 Å². The zero-order chi connectivity index (χ0) is 11.0. The van der Waals surface area contributed by atoms with Crippen LogP contribution in [0, 0.1) is 13.8 Å². The van der Waals surface area contributed by atoms with Crippen molar-refractivity contribution in [2.24, 2.45) is 0 Å². The molecular formula is C8H7N3O4. The van der Waals surface area contributed by atoms with E-state index in [1.54, 1.807) is 6.92 Å². The molecule has 0 aliphatic heterocycles. The molecule has 2 rings (SSSR count). The van der Waals surface area contributed by atoms with Crippen molar-refractivity contribution in [3.63, 3.8) is 0 Å². The average molecular weight is 209 g/mol. The SMILES string of the molecule is Cc1noc(-c2noc(C)c2C(=O)O)n1. The molecule has 0 aliphatic rings. The fourth-order valence-corrected chi connectivity index (χ4v) is 1.16. The van der Waals surface area contributed by atoms with E-state index in [4.69, 9.17) is 14.2 Å². The minimum absolute atomic E-state index is 0.0433. The third-order valence-electron chi connectivity index (χ3n) is 1.81. The zero-order valence-electron chi connectivity index (χ0n) is 8.01. The number of hydrogen-bond acceptors (Lipinski definition) is 6. The van der Waals surface area contributed by atoms with Crippen molar-refractivity contribution < 1.29 is 18.9 Å². The Morgan fingerprint density at radius 1 is 1.27 bits per heavy atom. The molecular weight excluding hydrogens is 202 g/mol. The number of carbonyl (C=O) groups is 1. The summed E-state index contributed by atoms with van der Waals surface area (Å²) in [5.41, 5.74) is -0.000694. The molecule has 0 saturated heterocycles. The van der Waals surface area contributed by atoms with E-state index in [2.05, 4.69) is 15.3 Å². The minimum atomic E-state index is -1.14. The van der Waals surface area contributed by atoms with Crippen LogP contribution in [0.15, 0.2) is 9.05 Å². The number of hydrogen-bond donors (Lipinski definition) is 1. The number of nitrogens with zero attached hydrogens (tertiary/aromatic N) is 3. The summed E-state index contributed by atoms with van der Waals surface area (Å²) in [5, 5.41) is 16.0. The van der Waals surface area contributed by atoms with Crippen LogP contribution in [0.25, 0.3) is 11.6 Å². The number of carboxylic acid groups (broad SMARTS) is 1. The predicted molar refractivity (Wildman–Crippen MR) is 46.2 cm³/mol. The van der Waals surface area contributed by atoms with E-state index < -0.39 is 5.97 Å². The van der Waals surface area contributed by atoms with Crippen LogP contribution in [-0.4, -0.2) is 26.4 Å². The number of carboxylic acids is 1. The van der Waals surface area contributed by atoms with Crippen molar-refractivity contribution in [1.82, 2.24) is 15.3 Å². The first-order valence-corrected chi connectivity index (χ1v) is 4.10. The molecule has 7 heteroatoms. The van der Waals surface area contributed by atoms with E-state index in [-0.39, 0.29) is 22.9 Å². The lowest BCUT2D eigenvalue weighted by Gasteiger charge is -1.89. The van der Waals surface area contributed by atoms with Gasteiger partial charge in [0.05, 0.1) is 0 Å². The maximum absolute atomic E-state index is 10.9. The van der Waals surface area contributed by atoms with Gasteiger partial charge in [-0.25, -0.2) is 4.79 Å². The molecule has 78 valence electrons. The van der Waals surface area contributed by atoms with Crippen molar-refractivity contribution in [3.05, 3.63) is 17.1 Å². The number of aromatic nitrogens is 3. The topological polar surface area (TPSA) is 102 Å². The monoisotopic (exact) mass is 209 g/mol. The molecule has 0 spiro atoms. The van der Waals surface area contributed by atoms with Gasteiger partial charge < -0.3 is 14.2 Å². The summed E-state index contributed by atoms with van der Waals surface area (Å²) in [7, 11) is 0. The molecule has 0 radical (unpaired) electrons. The molecule has 0 fully saturated rings. The normalized spacial score (nSPS) is 10.5. The lowest BCUT2D eigenvalue weighted by molar-refractivity contribution is 0.0695. The van der Waals surface area contributed by atoms with Gasteiger partial charge in [-0.2, -0.15) is 4.98 Å². The van der Waals surface area contributed by atoms with Crippen LogP contribution in [0.4, 0.5) is 0 Å². The smallest absolute Gasteiger partial charge is 0.341 e. The first-order valence-electron chi connectivity index (χ1n) is 4.10. The fourth-order valence-electron chi connectivity index (χ4n) is 1.16. The minimum Gasteiger partial charge on any atom is -0.477 e. The molecule has 0 saturated carbocycles. The quantitative estimate of drug-likeness (QED) is 0.787. The summed E-state index contributed by atoms with van der Waals surface area (Å²) in [6, 6.07) is 0. The highest BCUT2D eigenvalue weighted by atomic mass is 16.5. The fraction of sp³-hybridized carbons (Fsp3) is 0.250. The van der Waals surface area contributed by atoms with Crippen LogP contribution in [0.3, 0.4) is 0 Å². The van der Waals surface area contributed by atoms with E-state index in [1.165, 1.54) is 6.92 Å². The van der Waals surface area contributed by atoms with Crippen LogP contribution in [0.1, 0.15) is 21.9 Å². The van der Waals surface area contributed by atoms with Crippen LogP contribution in [0.2, 0.25) is 0 Å². The molecule has 2 aromatic rings. The van der Waals surface area contributed by atoms with Crippen molar-refractivity contribution in [3.8, 4) is 11.6 Å². The summed E-state index contributed by atoms with van der Waals surface area (Å²) in [6.07, 6.45) is 0. The summed E-state index contributed by atoms with van der Waals surface area (Å²) >= 11 is 0. The van der Waals surface area contributed by atoms with Crippen LogP contribution >= 0.6 is 0 Å². The number of rotatable bonds is 2. The summed E-state index contributed by atoms with van der Waals surface area (Å²) in [4.78, 5) is 14.8. The molecule has 0 aromatic carbocycles. The molecule has 0 atom stereocenters. The molecule has 15 heavy (non-hydrogen) atoms. The Labute approximate surface area is 83.7 Å². The number of aryl methyl sites for hydroxylation is 2. The lowest BCUT2D eigenvalue weighted by Crippen LogP contribution is -1.99. The largest absolute Gasteiger partial charge is 0.477 e. The van der Waals surface area contributed by atoms with Gasteiger partial charge in [0.1, 0.15) is 11.3 Å². The standard InChI is InChI=1S/C8H7N3O4/c1-3-5(8(12)13)6(11-14-3)7-9-4(2)10-15-7/h1-2H3,(H,12,13). The van der Waals surface area contributed by atoms with Gasteiger partial charge in [-0.05, 0) is 13.8 Å². The van der Waals surface area contributed by atoms with Gasteiger partial charge in [-0.1, -0.05) is 10.3 Å². The molecule has 0 aliphatic carbocycles. The van der Waals surface area contributed by atoms with E-state index in [9.17, 15) is 4.79 Å². The molecule has 0 bridgehead atoms. The van der Waals surface area contributed by atoms with Gasteiger partial charge >= 0.3 is 5.97 Å². The van der Waals surface area contributed by atoms with Gasteiger partial charge in [0.25, 0.3) is 5.89 Å². The highest BCUT2D eigenvalue weighted by molar-refractivity contribution is 5.94. The Balaban J connectivity index is 2.58. The highest BCUT2D eigenvalue weighted by Gasteiger charge is 2.24. The van der Waals surface area contributed by atoms with Crippen molar-refractivity contribution in [2.45, 2.75) is 13.8 Å². The highest BCUT2D eigenvalue weighted by Crippen LogP contribution is 2.23. The Morgan fingerprint density at radius 2 is 2.00 bits per heavy atom. The van der Waals surface area contributed by atoms with Gasteiger partial charge in [-0.15, -0.1) is 0 Å². The van der Waals surface area contributed by atoms with Crippen LogP contribution < -0.4 is 0 Å². The maximum Gasteiger partial charge on any atom is 0.341 e. The molecule has 2 aromatic heterocycles. The van der Waals surface area contributed by atoms with Gasteiger partial charge in [-0.3, -0.25) is 0 Å². The van der Waals surface area contributed by atoms with Crippen molar-refractivity contribution >= 4 is 5.97 Å². The third-order valence-corrected chi connectivity index (χ3v) is 1.81. The molecule has 0 amide bonds. The Bertz CT molecular complexity index is 514. The molecule has 0 unspecified atom stereocenters. The second-order valence-corrected chi connectivity index (χ2v) is 2.91. The van der Waals surface area contributed by atoms with Gasteiger partial charge in [0, 0.05) is 0 Å². The number of aromatic carboxylic acids is 1. The maximum atomic E-state index is 10.9. The second kappa shape index (κ2) is 3.19. The van der Waals surface area contributed by atoms with E-state index in [1.807, 2.05) is 0 Å². The first kappa shape index (κ1) is 9.38. The van der Waals surface area contributed by atoms with E-state index in [0.29, 0.717) is 5.82 Å². The Hall–Kier alpha value is -2.18. The van der Waals surface area contributed by atoms with Crippen LogP contribution in [0.5, 0.6) is 0 Å². The predicted octanol–water partition coefficient (Wildman–Crippen LogP) is 1.04. The third kappa shape index (κ3) is 1.47. The van der Waals surface area contributed by atoms with Crippen molar-refractivity contribution in [2.75, 3.05) is 0 Å². The lowest BCUT2D eigenvalue weighted by atomic mass is 10.2. The van der Waals surface area contributed by atoms with Gasteiger partial charge in [0.2, 0.25) is 0 Å². The van der Waals surface area contributed by atoms with Gasteiger partial charge in [0.15, 0.2) is 11.5 Å². The summed E-state index contributed by atoms with van der Waals surface area (Å²) in [6.45, 7) is 3.13. The Morgan fingerprint density at radius 3 is 2.53 bits per heavy atom. The second-order valence-electron chi connectivity index (χ2n) is 2.91. The summed E-state index contributed by atoms with van der Waals surface area (Å²) in [5.74, 6) is -0.489. The zero-order valence-corrected chi connectivity index (χ0v) is 8.01.